The smallest absolute Gasteiger partial charge is 0.417 e. The summed E-state index contributed by atoms with van der Waals surface area (Å²) in [6, 6.07) is 11.3. The Labute approximate surface area is 132 Å². The van der Waals surface area contributed by atoms with Crippen LogP contribution in [0.4, 0.5) is 10.5 Å². The third-order valence-corrected chi connectivity index (χ3v) is 3.22. The standard InChI is InChI=1S/C16H14ClNO4/c1-2-10-5-3-8-13(14(10)15(19)20)18-16(21)22-12-7-4-6-11(17)9-12/h3-9H,2H2,1H3,(H,18,21)(H,19,20). The van der Waals surface area contributed by atoms with Gasteiger partial charge >= 0.3 is 12.1 Å². The van der Waals surface area contributed by atoms with Crippen LogP contribution in [0.25, 0.3) is 0 Å². The summed E-state index contributed by atoms with van der Waals surface area (Å²) < 4.78 is 5.08. The molecule has 5 nitrogen and oxygen atoms in total. The summed E-state index contributed by atoms with van der Waals surface area (Å²) in [5.74, 6) is -0.830. The van der Waals surface area contributed by atoms with Crippen molar-refractivity contribution in [2.24, 2.45) is 0 Å². The number of carboxylic acids is 1. The van der Waals surface area contributed by atoms with Gasteiger partial charge in [0.1, 0.15) is 5.75 Å². The molecule has 0 atom stereocenters. The van der Waals surface area contributed by atoms with Gasteiger partial charge in [-0.1, -0.05) is 36.7 Å². The van der Waals surface area contributed by atoms with Crippen molar-refractivity contribution < 1.29 is 19.4 Å². The first kappa shape index (κ1) is 15.9. The van der Waals surface area contributed by atoms with Gasteiger partial charge in [0.25, 0.3) is 0 Å². The lowest BCUT2D eigenvalue weighted by Gasteiger charge is -2.12. The second-order valence-electron chi connectivity index (χ2n) is 4.47. The Morgan fingerprint density at radius 2 is 1.95 bits per heavy atom. The van der Waals surface area contributed by atoms with E-state index in [1.165, 1.54) is 12.1 Å². The number of carbonyl (C=O) groups excluding carboxylic acids is 1. The van der Waals surface area contributed by atoms with Crippen molar-refractivity contribution in [3.8, 4) is 5.75 Å². The number of nitrogens with one attached hydrogen (secondary N) is 1. The van der Waals surface area contributed by atoms with Crippen molar-refractivity contribution in [3.05, 3.63) is 58.6 Å². The highest BCUT2D eigenvalue weighted by Crippen LogP contribution is 2.22. The molecule has 0 bridgehead atoms. The zero-order chi connectivity index (χ0) is 16.1. The van der Waals surface area contributed by atoms with Gasteiger partial charge in [0.2, 0.25) is 0 Å². The minimum atomic E-state index is -1.10. The van der Waals surface area contributed by atoms with E-state index in [0.717, 1.165) is 0 Å². The van der Waals surface area contributed by atoms with E-state index in [-0.39, 0.29) is 17.0 Å². The molecule has 0 unspecified atom stereocenters. The van der Waals surface area contributed by atoms with E-state index in [1.54, 1.807) is 30.3 Å². The van der Waals surface area contributed by atoms with E-state index in [1.807, 2.05) is 6.92 Å². The predicted octanol–water partition coefficient (Wildman–Crippen LogP) is 4.21. The van der Waals surface area contributed by atoms with Crippen molar-refractivity contribution in [2.45, 2.75) is 13.3 Å². The normalized spacial score (nSPS) is 10.1. The summed E-state index contributed by atoms with van der Waals surface area (Å²) in [4.78, 5) is 23.3. The van der Waals surface area contributed by atoms with E-state index < -0.39 is 12.1 Å². The Morgan fingerprint density at radius 1 is 1.23 bits per heavy atom. The molecule has 0 aliphatic carbocycles. The van der Waals surface area contributed by atoms with Gasteiger partial charge in [0, 0.05) is 5.02 Å². The number of hydrogen-bond donors (Lipinski definition) is 2. The van der Waals surface area contributed by atoms with Gasteiger partial charge in [-0.15, -0.1) is 0 Å². The topological polar surface area (TPSA) is 75.6 Å². The lowest BCUT2D eigenvalue weighted by atomic mass is 10.0. The van der Waals surface area contributed by atoms with Gasteiger partial charge in [0.15, 0.2) is 0 Å². The number of aromatic carboxylic acids is 1. The molecule has 0 fully saturated rings. The molecule has 2 rings (SSSR count). The fraction of sp³-hybridized carbons (Fsp3) is 0.125. The van der Waals surface area contributed by atoms with E-state index in [0.29, 0.717) is 17.0 Å². The number of halogens is 1. The van der Waals surface area contributed by atoms with Crippen LogP contribution in [0.3, 0.4) is 0 Å². The number of carbonyl (C=O) groups is 2. The number of benzene rings is 2. The quantitative estimate of drug-likeness (QED) is 0.885. The van der Waals surface area contributed by atoms with Crippen LogP contribution in [0.1, 0.15) is 22.8 Å². The molecule has 0 radical (unpaired) electrons. The summed E-state index contributed by atoms with van der Waals surface area (Å²) in [5.41, 5.74) is 0.889. The Hall–Kier alpha value is -2.53. The van der Waals surface area contributed by atoms with Crippen LogP contribution in [0.2, 0.25) is 5.02 Å². The van der Waals surface area contributed by atoms with Gasteiger partial charge < -0.3 is 9.84 Å². The molecule has 6 heteroatoms. The molecule has 0 saturated carbocycles. The van der Waals surface area contributed by atoms with Crippen LogP contribution >= 0.6 is 11.6 Å². The molecule has 0 aliphatic heterocycles. The highest BCUT2D eigenvalue weighted by molar-refractivity contribution is 6.30. The van der Waals surface area contributed by atoms with Crippen LogP contribution < -0.4 is 10.1 Å². The second kappa shape index (κ2) is 6.95. The first-order chi connectivity index (χ1) is 10.5. The first-order valence-electron chi connectivity index (χ1n) is 6.61. The molecule has 2 aromatic carbocycles. The summed E-state index contributed by atoms with van der Waals surface area (Å²) in [5, 5.41) is 12.2. The Morgan fingerprint density at radius 3 is 2.59 bits per heavy atom. The fourth-order valence-electron chi connectivity index (χ4n) is 2.02. The lowest BCUT2D eigenvalue weighted by molar-refractivity contribution is 0.0697. The van der Waals surface area contributed by atoms with Crippen molar-refractivity contribution in [3.63, 3.8) is 0 Å². The van der Waals surface area contributed by atoms with Crippen molar-refractivity contribution in [1.29, 1.82) is 0 Å². The monoisotopic (exact) mass is 319 g/mol. The third kappa shape index (κ3) is 3.77. The number of rotatable bonds is 4. The van der Waals surface area contributed by atoms with Gasteiger partial charge in [-0.25, -0.2) is 9.59 Å². The van der Waals surface area contributed by atoms with E-state index >= 15 is 0 Å². The second-order valence-corrected chi connectivity index (χ2v) is 4.91. The minimum Gasteiger partial charge on any atom is -0.478 e. The van der Waals surface area contributed by atoms with E-state index in [2.05, 4.69) is 5.32 Å². The molecule has 0 aromatic heterocycles. The maximum atomic E-state index is 11.9. The first-order valence-corrected chi connectivity index (χ1v) is 6.98. The van der Waals surface area contributed by atoms with Crippen LogP contribution in [-0.4, -0.2) is 17.2 Å². The SMILES string of the molecule is CCc1cccc(NC(=O)Oc2cccc(Cl)c2)c1C(=O)O. The van der Waals surface area contributed by atoms with Crippen molar-refractivity contribution >= 4 is 29.4 Å². The van der Waals surface area contributed by atoms with Crippen molar-refractivity contribution in [1.82, 2.24) is 0 Å². The highest BCUT2D eigenvalue weighted by Gasteiger charge is 2.17. The number of carboxylic acid groups (broad SMARTS) is 1. The largest absolute Gasteiger partial charge is 0.478 e. The summed E-state index contributed by atoms with van der Waals surface area (Å²) in [6.45, 7) is 1.84. The van der Waals surface area contributed by atoms with Gasteiger partial charge in [-0.2, -0.15) is 0 Å². The minimum absolute atomic E-state index is 0.0630. The van der Waals surface area contributed by atoms with Crippen LogP contribution in [0.15, 0.2) is 42.5 Å². The van der Waals surface area contributed by atoms with Crippen molar-refractivity contribution in [2.75, 3.05) is 5.32 Å². The van der Waals surface area contributed by atoms with Gasteiger partial charge in [-0.3, -0.25) is 5.32 Å². The molecular weight excluding hydrogens is 306 g/mol. The summed E-state index contributed by atoms with van der Waals surface area (Å²) in [6.07, 6.45) is -0.237. The molecular formula is C16H14ClNO4. The number of hydrogen-bond acceptors (Lipinski definition) is 3. The Kier molecular flexibility index (Phi) is 5.01. The highest BCUT2D eigenvalue weighted by atomic mass is 35.5. The average Bonchev–Trinajstić information content (AvgIpc) is 2.46. The van der Waals surface area contributed by atoms with E-state index in [9.17, 15) is 14.7 Å². The molecule has 0 saturated heterocycles. The number of ether oxygens (including phenoxy) is 1. The van der Waals surface area contributed by atoms with Crippen LogP contribution in [-0.2, 0) is 6.42 Å². The number of anilines is 1. The number of amides is 1. The molecule has 0 aliphatic rings. The molecule has 2 N–H and O–H groups in total. The lowest BCUT2D eigenvalue weighted by Crippen LogP contribution is -2.19. The molecule has 114 valence electrons. The van der Waals surface area contributed by atoms with Gasteiger partial charge in [-0.05, 0) is 36.2 Å². The zero-order valence-corrected chi connectivity index (χ0v) is 12.6. The molecule has 1 amide bonds. The average molecular weight is 320 g/mol. The fourth-order valence-corrected chi connectivity index (χ4v) is 2.20. The maximum Gasteiger partial charge on any atom is 0.417 e. The number of aryl methyl sites for hydroxylation is 1. The van der Waals surface area contributed by atoms with Crippen LogP contribution in [0, 0.1) is 0 Å². The zero-order valence-electron chi connectivity index (χ0n) is 11.8. The summed E-state index contributed by atoms with van der Waals surface area (Å²) in [7, 11) is 0. The Bertz CT molecular complexity index is 715. The van der Waals surface area contributed by atoms with Gasteiger partial charge in [0.05, 0.1) is 11.3 Å². The predicted molar refractivity (Wildman–Crippen MR) is 83.9 cm³/mol. The van der Waals surface area contributed by atoms with Crippen LogP contribution in [0.5, 0.6) is 5.75 Å². The van der Waals surface area contributed by atoms with E-state index in [4.69, 9.17) is 16.3 Å². The third-order valence-electron chi connectivity index (χ3n) is 2.99. The Balaban J connectivity index is 2.20. The molecule has 2 aromatic rings. The summed E-state index contributed by atoms with van der Waals surface area (Å²) >= 11 is 5.81. The molecule has 0 spiro atoms. The molecule has 22 heavy (non-hydrogen) atoms. The maximum absolute atomic E-state index is 11.9. The molecule has 0 heterocycles.